The number of hydrogen-bond acceptors (Lipinski definition) is 9. The quantitative estimate of drug-likeness (QED) is 0.452. The summed E-state index contributed by atoms with van der Waals surface area (Å²) in [5.74, 6) is -0.613. The Labute approximate surface area is 190 Å². The first kappa shape index (κ1) is 20.7. The standard InChI is InChI=1S/C21H17N7O4S/c1-11-2-4-15(22-6-11)25-19(30)12-7-27(8-12)16-5-3-13-17(29)14(20(31)32)9-28(18(13)26-16)21-23-10-24-33-21/h2-6,9-10,12H,7-8H2,1H3,(H,31,32)(H,22,25,30). The zero-order chi connectivity index (χ0) is 23.1. The number of aromatic nitrogens is 5. The fraction of sp³-hybridized carbons (Fsp3) is 0.190. The number of aryl methyl sites for hydroxylation is 1. The van der Waals surface area contributed by atoms with E-state index in [2.05, 4.69) is 24.6 Å². The molecule has 1 saturated heterocycles. The van der Waals surface area contributed by atoms with Crippen LogP contribution in [0.3, 0.4) is 0 Å². The highest BCUT2D eigenvalue weighted by Gasteiger charge is 2.34. The first-order chi connectivity index (χ1) is 15.9. The van der Waals surface area contributed by atoms with Gasteiger partial charge in [0, 0.05) is 37.0 Å². The Morgan fingerprint density at radius 3 is 2.67 bits per heavy atom. The van der Waals surface area contributed by atoms with E-state index in [4.69, 9.17) is 0 Å². The Morgan fingerprint density at radius 1 is 1.18 bits per heavy atom. The number of hydrogen-bond donors (Lipinski definition) is 2. The summed E-state index contributed by atoms with van der Waals surface area (Å²) in [5, 5.41) is 12.8. The third-order valence-electron chi connectivity index (χ3n) is 5.36. The summed E-state index contributed by atoms with van der Waals surface area (Å²) in [6.45, 7) is 2.82. The van der Waals surface area contributed by atoms with E-state index in [1.165, 1.54) is 17.1 Å². The van der Waals surface area contributed by atoms with Gasteiger partial charge in [-0.3, -0.25) is 14.2 Å². The van der Waals surface area contributed by atoms with Gasteiger partial charge in [-0.25, -0.2) is 19.7 Å². The number of fused-ring (bicyclic) bond motifs is 1. The van der Waals surface area contributed by atoms with E-state index in [9.17, 15) is 19.5 Å². The Morgan fingerprint density at radius 2 is 2.00 bits per heavy atom. The molecule has 1 aliphatic rings. The highest BCUT2D eigenvalue weighted by atomic mass is 32.1. The summed E-state index contributed by atoms with van der Waals surface area (Å²) < 4.78 is 5.40. The van der Waals surface area contributed by atoms with E-state index >= 15 is 0 Å². The monoisotopic (exact) mass is 463 g/mol. The maximum Gasteiger partial charge on any atom is 0.341 e. The summed E-state index contributed by atoms with van der Waals surface area (Å²) in [6, 6.07) is 6.83. The Balaban J connectivity index is 1.41. The molecule has 0 atom stereocenters. The molecule has 166 valence electrons. The third kappa shape index (κ3) is 3.80. The first-order valence-electron chi connectivity index (χ1n) is 9.96. The van der Waals surface area contributed by atoms with Crippen molar-refractivity contribution >= 4 is 46.1 Å². The van der Waals surface area contributed by atoms with Crippen molar-refractivity contribution in [2.45, 2.75) is 6.92 Å². The minimum atomic E-state index is -1.33. The summed E-state index contributed by atoms with van der Waals surface area (Å²) >= 11 is 1.05. The maximum absolute atomic E-state index is 12.7. The number of carbonyl (C=O) groups is 2. The second kappa shape index (κ2) is 8.06. The lowest BCUT2D eigenvalue weighted by molar-refractivity contribution is -0.120. The molecule has 0 aromatic carbocycles. The van der Waals surface area contributed by atoms with Crippen LogP contribution < -0.4 is 15.6 Å². The van der Waals surface area contributed by atoms with Gasteiger partial charge in [0.05, 0.1) is 11.3 Å². The van der Waals surface area contributed by atoms with Gasteiger partial charge < -0.3 is 15.3 Å². The zero-order valence-corrected chi connectivity index (χ0v) is 18.1. The van der Waals surface area contributed by atoms with Crippen molar-refractivity contribution in [3.8, 4) is 5.13 Å². The van der Waals surface area contributed by atoms with Crippen molar-refractivity contribution in [2.24, 2.45) is 5.92 Å². The van der Waals surface area contributed by atoms with E-state index < -0.39 is 11.4 Å². The van der Waals surface area contributed by atoms with Crippen LogP contribution in [0.2, 0.25) is 0 Å². The number of aromatic carboxylic acids is 1. The second-order valence-electron chi connectivity index (χ2n) is 7.62. The molecule has 1 aliphatic heterocycles. The SMILES string of the molecule is Cc1ccc(NC(=O)C2CN(c3ccc4c(=O)c(C(=O)O)cn(-c5ncns5)c4n3)C2)nc1. The summed E-state index contributed by atoms with van der Waals surface area (Å²) in [4.78, 5) is 51.5. The predicted octanol–water partition coefficient (Wildman–Crippen LogP) is 1.71. The number of pyridine rings is 3. The van der Waals surface area contributed by atoms with E-state index in [-0.39, 0.29) is 28.4 Å². The van der Waals surface area contributed by atoms with Crippen LogP contribution in [0.25, 0.3) is 16.2 Å². The molecule has 0 spiro atoms. The van der Waals surface area contributed by atoms with Crippen LogP contribution >= 0.6 is 11.5 Å². The number of carbonyl (C=O) groups excluding carboxylic acids is 1. The van der Waals surface area contributed by atoms with E-state index in [1.54, 1.807) is 24.4 Å². The number of nitrogens with zero attached hydrogens (tertiary/aromatic N) is 6. The van der Waals surface area contributed by atoms with Crippen LogP contribution in [0.1, 0.15) is 15.9 Å². The lowest BCUT2D eigenvalue weighted by atomic mass is 9.99. The molecule has 0 unspecified atom stereocenters. The van der Waals surface area contributed by atoms with Gasteiger partial charge in [-0.05, 0) is 30.7 Å². The smallest absolute Gasteiger partial charge is 0.341 e. The molecule has 2 N–H and O–H groups in total. The highest BCUT2D eigenvalue weighted by Crippen LogP contribution is 2.26. The van der Waals surface area contributed by atoms with Crippen LogP contribution in [0.4, 0.5) is 11.6 Å². The van der Waals surface area contributed by atoms with Crippen LogP contribution in [0.5, 0.6) is 0 Å². The van der Waals surface area contributed by atoms with Crippen molar-refractivity contribution in [2.75, 3.05) is 23.3 Å². The van der Waals surface area contributed by atoms with Crippen LogP contribution in [-0.2, 0) is 4.79 Å². The first-order valence-corrected chi connectivity index (χ1v) is 10.7. The molecule has 4 aromatic rings. The molecule has 12 heteroatoms. The van der Waals surface area contributed by atoms with Crippen molar-refractivity contribution in [1.29, 1.82) is 0 Å². The third-order valence-corrected chi connectivity index (χ3v) is 6.03. The Kier molecular flexibility index (Phi) is 5.05. The second-order valence-corrected chi connectivity index (χ2v) is 8.38. The number of carboxylic acid groups (broad SMARTS) is 1. The van der Waals surface area contributed by atoms with Crippen molar-refractivity contribution in [1.82, 2.24) is 23.9 Å². The topological polar surface area (TPSA) is 143 Å². The van der Waals surface area contributed by atoms with Crippen LogP contribution in [-0.4, -0.2) is 54.0 Å². The van der Waals surface area contributed by atoms with Gasteiger partial charge in [0.2, 0.25) is 16.5 Å². The fourth-order valence-corrected chi connectivity index (χ4v) is 4.05. The molecule has 11 nitrogen and oxygen atoms in total. The zero-order valence-electron chi connectivity index (χ0n) is 17.3. The minimum Gasteiger partial charge on any atom is -0.477 e. The Hall–Kier alpha value is -4.19. The van der Waals surface area contributed by atoms with Crippen LogP contribution in [0, 0.1) is 12.8 Å². The van der Waals surface area contributed by atoms with E-state index in [0.29, 0.717) is 29.9 Å². The molecule has 1 amide bonds. The maximum atomic E-state index is 12.7. The number of rotatable bonds is 5. The molecule has 1 fully saturated rings. The van der Waals surface area contributed by atoms with Crippen LogP contribution in [0.15, 0.2) is 47.8 Å². The van der Waals surface area contributed by atoms with E-state index in [1.807, 2.05) is 17.9 Å². The van der Waals surface area contributed by atoms with Crippen molar-refractivity contribution < 1.29 is 14.7 Å². The lowest BCUT2D eigenvalue weighted by Crippen LogP contribution is -2.52. The molecule has 33 heavy (non-hydrogen) atoms. The van der Waals surface area contributed by atoms with Gasteiger partial charge in [-0.1, -0.05) is 6.07 Å². The predicted molar refractivity (Wildman–Crippen MR) is 121 cm³/mol. The molecular formula is C21H17N7O4S. The van der Waals surface area contributed by atoms with E-state index in [0.717, 1.165) is 17.1 Å². The largest absolute Gasteiger partial charge is 0.477 e. The molecule has 5 rings (SSSR count). The van der Waals surface area contributed by atoms with Gasteiger partial charge >= 0.3 is 5.97 Å². The van der Waals surface area contributed by atoms with Gasteiger partial charge in [-0.2, -0.15) is 4.37 Å². The molecule has 0 radical (unpaired) electrons. The van der Waals surface area contributed by atoms with Crippen molar-refractivity contribution in [3.05, 3.63) is 64.3 Å². The number of amides is 1. The molecule has 4 aromatic heterocycles. The lowest BCUT2D eigenvalue weighted by Gasteiger charge is -2.39. The fourth-order valence-electron chi connectivity index (χ4n) is 3.54. The average Bonchev–Trinajstić information content (AvgIpc) is 3.29. The van der Waals surface area contributed by atoms with Crippen molar-refractivity contribution in [3.63, 3.8) is 0 Å². The Bertz CT molecular complexity index is 1430. The highest BCUT2D eigenvalue weighted by molar-refractivity contribution is 7.08. The van der Waals surface area contributed by atoms with Gasteiger partial charge in [0.1, 0.15) is 23.5 Å². The molecule has 5 heterocycles. The molecule has 0 saturated carbocycles. The minimum absolute atomic E-state index is 0.125. The van der Waals surface area contributed by atoms with Gasteiger partial charge in [-0.15, -0.1) is 0 Å². The molecular weight excluding hydrogens is 446 g/mol. The van der Waals surface area contributed by atoms with Gasteiger partial charge in [0.15, 0.2) is 5.65 Å². The molecule has 0 aliphatic carbocycles. The van der Waals surface area contributed by atoms with Gasteiger partial charge in [0.25, 0.3) is 0 Å². The summed E-state index contributed by atoms with van der Waals surface area (Å²) in [5.41, 5.74) is 0.283. The summed E-state index contributed by atoms with van der Waals surface area (Å²) in [7, 11) is 0. The number of anilines is 2. The molecule has 0 bridgehead atoms. The average molecular weight is 463 g/mol. The summed E-state index contributed by atoms with van der Waals surface area (Å²) in [6.07, 6.45) is 4.25. The normalized spacial score (nSPS) is 13.7. The number of carboxylic acids is 1. The number of nitrogens with one attached hydrogen (secondary N) is 1.